The van der Waals surface area contributed by atoms with Crippen LogP contribution in [-0.4, -0.2) is 48.9 Å². The second-order valence-electron chi connectivity index (χ2n) is 8.83. The third kappa shape index (κ3) is 14.6. The Morgan fingerprint density at radius 2 is 1.67 bits per heavy atom. The number of fused-ring (bicyclic) bond motifs is 1. The molecule has 0 fully saturated rings. The van der Waals surface area contributed by atoms with Crippen LogP contribution in [0.15, 0.2) is 23.3 Å². The highest BCUT2D eigenvalue weighted by Crippen LogP contribution is 2.10. The number of aliphatic hydroxyl groups is 1. The zero-order valence-electron chi connectivity index (χ0n) is 21.8. The van der Waals surface area contributed by atoms with Gasteiger partial charge in [-0.1, -0.05) is 70.4 Å². The molecule has 0 atom stereocenters. The summed E-state index contributed by atoms with van der Waals surface area (Å²) in [6, 6.07) is 0. The van der Waals surface area contributed by atoms with Crippen molar-refractivity contribution in [3.8, 4) is 0 Å². The zero-order valence-corrected chi connectivity index (χ0v) is 21.8. The molecule has 204 valence electrons. The third-order valence-corrected chi connectivity index (χ3v) is 5.61. The summed E-state index contributed by atoms with van der Waals surface area (Å²) < 4.78 is 6.63. The van der Waals surface area contributed by atoms with E-state index in [0.29, 0.717) is 12.1 Å². The van der Waals surface area contributed by atoms with Crippen molar-refractivity contribution in [2.24, 2.45) is 0 Å². The summed E-state index contributed by atoms with van der Waals surface area (Å²) in [7, 11) is 0. The lowest BCUT2D eigenvalue weighted by Gasteiger charge is -2.03. The fourth-order valence-electron chi connectivity index (χ4n) is 3.64. The van der Waals surface area contributed by atoms with Gasteiger partial charge >= 0.3 is 5.97 Å². The second kappa shape index (κ2) is 20.5. The number of anilines is 1. The van der Waals surface area contributed by atoms with Crippen molar-refractivity contribution in [3.05, 3.63) is 28.8 Å². The summed E-state index contributed by atoms with van der Waals surface area (Å²) >= 11 is 0. The molecular formula is C26H45N5O5. The van der Waals surface area contributed by atoms with Crippen molar-refractivity contribution in [2.45, 2.75) is 104 Å². The number of hydrogen-bond donors (Lipinski definition) is 4. The molecule has 0 saturated heterocycles. The van der Waals surface area contributed by atoms with E-state index in [1.54, 1.807) is 0 Å². The monoisotopic (exact) mass is 507 g/mol. The number of carboxylic acid groups (broad SMARTS) is 1. The van der Waals surface area contributed by atoms with Crippen LogP contribution in [0.25, 0.3) is 11.2 Å². The molecule has 0 spiro atoms. The third-order valence-electron chi connectivity index (χ3n) is 5.61. The molecule has 2 aromatic rings. The molecule has 0 aliphatic rings. The fourth-order valence-corrected chi connectivity index (χ4v) is 3.64. The lowest BCUT2D eigenvalue weighted by atomic mass is 10.1. The smallest absolute Gasteiger partial charge is 0.303 e. The second-order valence-corrected chi connectivity index (χ2v) is 8.83. The molecule has 2 aromatic heterocycles. The van der Waals surface area contributed by atoms with Crippen LogP contribution >= 0.6 is 0 Å². The molecule has 0 amide bonds. The average molecular weight is 508 g/mol. The number of allylic oxidation sites excluding steroid dienone is 2. The van der Waals surface area contributed by atoms with Gasteiger partial charge in [0.2, 0.25) is 5.95 Å². The number of nitrogens with zero attached hydrogens (tertiary/aromatic N) is 3. The fraction of sp³-hybridized carbons (Fsp3) is 0.692. The van der Waals surface area contributed by atoms with Gasteiger partial charge in [0, 0.05) is 6.42 Å². The highest BCUT2D eigenvalue weighted by molar-refractivity contribution is 5.70. The number of ether oxygens (including phenoxy) is 1. The first-order valence-corrected chi connectivity index (χ1v) is 13.3. The van der Waals surface area contributed by atoms with Gasteiger partial charge in [-0.2, -0.15) is 4.98 Å². The van der Waals surface area contributed by atoms with E-state index in [9.17, 15) is 9.59 Å². The van der Waals surface area contributed by atoms with E-state index < -0.39 is 5.97 Å². The minimum atomic E-state index is -0.664. The van der Waals surface area contributed by atoms with Crippen LogP contribution in [0, 0.1) is 0 Å². The number of hydrogen-bond acceptors (Lipinski definition) is 7. The number of aliphatic carboxylic acids is 1. The number of H-pyrrole nitrogens is 1. The molecule has 0 aliphatic carbocycles. The predicted molar refractivity (Wildman–Crippen MR) is 143 cm³/mol. The molecule has 0 aromatic carbocycles. The van der Waals surface area contributed by atoms with Crippen LogP contribution in [0.3, 0.4) is 0 Å². The summed E-state index contributed by atoms with van der Waals surface area (Å²) in [5.41, 5.74) is 5.60. The predicted octanol–water partition coefficient (Wildman–Crippen LogP) is 4.78. The minimum absolute atomic E-state index is 0.0291. The number of nitrogen functional groups attached to an aromatic ring is 1. The quantitative estimate of drug-likeness (QED) is 0.156. The number of aliphatic hydroxyl groups excluding tert-OH is 1. The Morgan fingerprint density at radius 3 is 2.28 bits per heavy atom. The van der Waals surface area contributed by atoms with Crippen LogP contribution < -0.4 is 11.3 Å². The van der Waals surface area contributed by atoms with Crippen LogP contribution in [0.1, 0.15) is 96.8 Å². The van der Waals surface area contributed by atoms with Gasteiger partial charge in [-0.15, -0.1) is 0 Å². The van der Waals surface area contributed by atoms with Gasteiger partial charge in [0.25, 0.3) is 5.56 Å². The van der Waals surface area contributed by atoms with Crippen LogP contribution in [0.2, 0.25) is 0 Å². The number of aromatic nitrogens is 4. The lowest BCUT2D eigenvalue weighted by molar-refractivity contribution is -0.137. The Morgan fingerprint density at radius 1 is 1.06 bits per heavy atom. The molecule has 0 bridgehead atoms. The van der Waals surface area contributed by atoms with Gasteiger partial charge < -0.3 is 20.7 Å². The van der Waals surface area contributed by atoms with E-state index in [0.717, 1.165) is 12.8 Å². The summed E-state index contributed by atoms with van der Waals surface area (Å²) in [6.07, 6.45) is 22.7. The van der Waals surface area contributed by atoms with Crippen molar-refractivity contribution in [1.82, 2.24) is 19.5 Å². The number of imidazole rings is 1. The molecule has 10 heteroatoms. The normalized spacial score (nSPS) is 11.2. The van der Waals surface area contributed by atoms with Crippen molar-refractivity contribution < 1.29 is 19.7 Å². The van der Waals surface area contributed by atoms with Crippen LogP contribution in [0.5, 0.6) is 0 Å². The van der Waals surface area contributed by atoms with Crippen molar-refractivity contribution in [1.29, 1.82) is 0 Å². The number of aromatic amines is 1. The SMILES string of the molecule is CCCCCCCCC=CCCCCCCCC(=O)O.Nc1nc2c(ncn2COCCO)c(=O)[nH]1. The van der Waals surface area contributed by atoms with Gasteiger partial charge in [-0.05, 0) is 32.1 Å². The first-order valence-electron chi connectivity index (χ1n) is 13.3. The molecule has 2 heterocycles. The van der Waals surface area contributed by atoms with E-state index in [1.807, 2.05) is 0 Å². The lowest BCUT2D eigenvalue weighted by Crippen LogP contribution is -2.13. The Bertz CT molecular complexity index is 925. The number of rotatable bonds is 19. The molecule has 0 unspecified atom stereocenters. The molecule has 0 saturated carbocycles. The van der Waals surface area contributed by atoms with Gasteiger partial charge in [0.1, 0.15) is 6.73 Å². The maximum atomic E-state index is 11.4. The number of carboxylic acids is 1. The maximum Gasteiger partial charge on any atom is 0.303 e. The summed E-state index contributed by atoms with van der Waals surface area (Å²) in [5.74, 6) is -0.635. The summed E-state index contributed by atoms with van der Waals surface area (Å²) in [6.45, 7) is 2.56. The van der Waals surface area contributed by atoms with Crippen molar-refractivity contribution in [3.63, 3.8) is 0 Å². The van der Waals surface area contributed by atoms with Gasteiger partial charge in [0.15, 0.2) is 11.2 Å². The zero-order chi connectivity index (χ0) is 26.4. The summed E-state index contributed by atoms with van der Waals surface area (Å²) in [4.78, 5) is 31.9. The Balaban J connectivity index is 0.000000367. The van der Waals surface area contributed by atoms with Crippen molar-refractivity contribution in [2.75, 3.05) is 18.9 Å². The van der Waals surface area contributed by atoms with Gasteiger partial charge in [0.05, 0.1) is 19.5 Å². The minimum Gasteiger partial charge on any atom is -0.481 e. The van der Waals surface area contributed by atoms with Gasteiger partial charge in [-0.3, -0.25) is 19.1 Å². The molecular weight excluding hydrogens is 462 g/mol. The van der Waals surface area contributed by atoms with Gasteiger partial charge in [-0.25, -0.2) is 4.98 Å². The van der Waals surface area contributed by atoms with Crippen LogP contribution in [0.4, 0.5) is 5.95 Å². The molecule has 10 nitrogen and oxygen atoms in total. The van der Waals surface area contributed by atoms with E-state index in [2.05, 4.69) is 34.0 Å². The van der Waals surface area contributed by atoms with E-state index in [-0.39, 0.29) is 37.0 Å². The van der Waals surface area contributed by atoms with E-state index in [4.69, 9.17) is 20.7 Å². The number of carbonyl (C=O) groups is 1. The number of nitrogens with two attached hydrogens (primary N) is 1. The van der Waals surface area contributed by atoms with E-state index in [1.165, 1.54) is 81.5 Å². The standard InChI is InChI=1S/C18H34O2.C8H11N5O3/c1-2-3-4-5-6-7-8-9-10-11-12-13-14-15-16-17-18(19)20;9-8-11-6-5(7(15)12-8)10-3-13(6)4-16-2-1-14/h9-10H,2-8,11-17H2,1H3,(H,19,20);3,14H,1-2,4H2,(H3,9,11,12,15). The Labute approximate surface area is 214 Å². The largest absolute Gasteiger partial charge is 0.481 e. The number of unbranched alkanes of at least 4 members (excludes halogenated alkanes) is 11. The molecule has 0 radical (unpaired) electrons. The summed E-state index contributed by atoms with van der Waals surface area (Å²) in [5, 5.41) is 17.1. The Kier molecular flexibility index (Phi) is 17.8. The molecule has 0 aliphatic heterocycles. The van der Waals surface area contributed by atoms with Crippen LogP contribution in [-0.2, 0) is 16.3 Å². The highest BCUT2D eigenvalue weighted by atomic mass is 16.5. The maximum absolute atomic E-state index is 11.4. The van der Waals surface area contributed by atoms with E-state index >= 15 is 0 Å². The first-order chi connectivity index (χ1) is 17.5. The highest BCUT2D eigenvalue weighted by Gasteiger charge is 2.08. The molecule has 36 heavy (non-hydrogen) atoms. The topological polar surface area (TPSA) is 156 Å². The average Bonchev–Trinajstić information content (AvgIpc) is 3.25. The number of nitrogens with one attached hydrogen (secondary N) is 1. The first kappa shape index (κ1) is 31.3. The van der Waals surface area contributed by atoms with Crippen molar-refractivity contribution >= 4 is 23.1 Å². The Hall–Kier alpha value is -2.72. The molecule has 5 N–H and O–H groups in total. The molecule has 2 rings (SSSR count).